The second kappa shape index (κ2) is 8.95. The van der Waals surface area contributed by atoms with Gasteiger partial charge in [-0.05, 0) is 51.0 Å². The van der Waals surface area contributed by atoms with Crippen LogP contribution in [0.4, 0.5) is 0 Å². The molecule has 9 heteroatoms. The number of Topliss-reactive ketones (excluding diaryl/α,β-unsaturated/α-hetero) is 1. The fourth-order valence-electron chi connectivity index (χ4n) is 3.67. The lowest BCUT2D eigenvalue weighted by Crippen LogP contribution is -2.11. The minimum atomic E-state index is -3.80. The second-order valence-electron chi connectivity index (χ2n) is 7.39. The van der Waals surface area contributed by atoms with Crippen LogP contribution in [0.2, 0.25) is 0 Å². The number of primary sulfonamides is 1. The summed E-state index contributed by atoms with van der Waals surface area (Å²) in [6.45, 7) is 9.82. The molecule has 0 atom stereocenters. The fraction of sp³-hybridized carbons (Fsp3) is 0.429. The number of thioether (sulfide) groups is 1. The highest BCUT2D eigenvalue weighted by atomic mass is 32.2. The number of imidazole rings is 1. The number of fused-ring (bicyclic) bond motifs is 1. The summed E-state index contributed by atoms with van der Waals surface area (Å²) in [6, 6.07) is 6.66. The van der Waals surface area contributed by atoms with E-state index in [-0.39, 0.29) is 16.4 Å². The third-order valence-corrected chi connectivity index (χ3v) is 7.00. The molecule has 0 aliphatic heterocycles. The number of rotatable bonds is 9. The van der Waals surface area contributed by atoms with Crippen molar-refractivity contribution in [2.75, 3.05) is 5.75 Å². The van der Waals surface area contributed by atoms with Gasteiger partial charge >= 0.3 is 0 Å². The number of hydrogen-bond donors (Lipinski definition) is 1. The molecule has 0 saturated carbocycles. The van der Waals surface area contributed by atoms with E-state index in [1.165, 1.54) is 23.9 Å². The number of nitrogens with two attached hydrogens (primary N) is 1. The molecule has 2 N–H and O–H groups in total. The van der Waals surface area contributed by atoms with Gasteiger partial charge in [-0.1, -0.05) is 25.6 Å². The van der Waals surface area contributed by atoms with E-state index in [1.54, 1.807) is 6.07 Å². The standard InChI is InChI=1S/C21H28N4O3S2/c1-5-9-24-14(3)11-17(15(24)4)20(26)13-29-21-23-18-12-16(30(22,27)28)7-8-19(18)25(21)10-6-2/h7-8,11-12H,5-6,9-10,13H2,1-4H3,(H2,22,27,28). The van der Waals surface area contributed by atoms with Crippen LogP contribution in [0.3, 0.4) is 0 Å². The van der Waals surface area contributed by atoms with Gasteiger partial charge in [-0.3, -0.25) is 4.79 Å². The zero-order valence-electron chi connectivity index (χ0n) is 17.8. The van der Waals surface area contributed by atoms with E-state index in [4.69, 9.17) is 5.14 Å². The van der Waals surface area contributed by atoms with Crippen molar-refractivity contribution in [2.24, 2.45) is 5.14 Å². The highest BCUT2D eigenvalue weighted by Crippen LogP contribution is 2.27. The number of nitrogens with zero attached hydrogens (tertiary/aromatic N) is 3. The van der Waals surface area contributed by atoms with E-state index in [0.29, 0.717) is 10.7 Å². The number of aromatic nitrogens is 3. The van der Waals surface area contributed by atoms with Crippen molar-refractivity contribution in [3.8, 4) is 0 Å². The molecule has 0 bridgehead atoms. The van der Waals surface area contributed by atoms with Crippen molar-refractivity contribution in [2.45, 2.75) is 63.7 Å². The minimum Gasteiger partial charge on any atom is -0.348 e. The maximum Gasteiger partial charge on any atom is 0.238 e. The molecule has 0 unspecified atom stereocenters. The topological polar surface area (TPSA) is 100.0 Å². The highest BCUT2D eigenvalue weighted by molar-refractivity contribution is 7.99. The molecule has 0 radical (unpaired) electrons. The largest absolute Gasteiger partial charge is 0.348 e. The number of hydrogen-bond acceptors (Lipinski definition) is 5. The number of carbonyl (C=O) groups is 1. The molecule has 30 heavy (non-hydrogen) atoms. The Hall–Kier alpha value is -2.10. The van der Waals surface area contributed by atoms with Crippen LogP contribution < -0.4 is 5.14 Å². The lowest BCUT2D eigenvalue weighted by Gasteiger charge is -2.08. The average molecular weight is 449 g/mol. The van der Waals surface area contributed by atoms with Crippen LogP contribution >= 0.6 is 11.8 Å². The molecule has 7 nitrogen and oxygen atoms in total. The van der Waals surface area contributed by atoms with Crippen LogP contribution in [-0.2, 0) is 23.1 Å². The quantitative estimate of drug-likeness (QED) is 0.395. The molecule has 3 rings (SSSR count). The molecule has 0 aliphatic rings. The van der Waals surface area contributed by atoms with Crippen LogP contribution in [0.15, 0.2) is 34.3 Å². The molecule has 3 aromatic rings. The van der Waals surface area contributed by atoms with Crippen LogP contribution in [0.1, 0.15) is 48.4 Å². The van der Waals surface area contributed by atoms with Crippen molar-refractivity contribution in [3.63, 3.8) is 0 Å². The Bertz CT molecular complexity index is 1190. The van der Waals surface area contributed by atoms with Crippen LogP contribution in [-0.4, -0.2) is 34.1 Å². The molecule has 0 saturated heterocycles. The van der Waals surface area contributed by atoms with E-state index in [0.717, 1.165) is 48.4 Å². The van der Waals surface area contributed by atoms with Crippen molar-refractivity contribution in [1.82, 2.24) is 14.1 Å². The summed E-state index contributed by atoms with van der Waals surface area (Å²) in [5.74, 6) is 0.335. The van der Waals surface area contributed by atoms with Gasteiger partial charge in [0.25, 0.3) is 0 Å². The smallest absolute Gasteiger partial charge is 0.238 e. The van der Waals surface area contributed by atoms with Crippen LogP contribution in [0.5, 0.6) is 0 Å². The molecular formula is C21H28N4O3S2. The zero-order chi connectivity index (χ0) is 22.1. The molecular weight excluding hydrogens is 420 g/mol. The van der Waals surface area contributed by atoms with Crippen molar-refractivity contribution in [1.29, 1.82) is 0 Å². The molecule has 0 amide bonds. The van der Waals surface area contributed by atoms with Gasteiger partial charge in [-0.25, -0.2) is 18.5 Å². The third-order valence-electron chi connectivity index (χ3n) is 5.11. The monoisotopic (exact) mass is 448 g/mol. The van der Waals surface area contributed by atoms with Gasteiger partial charge in [0.2, 0.25) is 10.0 Å². The first-order valence-corrected chi connectivity index (χ1v) is 12.6. The third kappa shape index (κ3) is 4.48. The van der Waals surface area contributed by atoms with Gasteiger partial charge in [0.15, 0.2) is 10.9 Å². The first-order chi connectivity index (χ1) is 14.2. The summed E-state index contributed by atoms with van der Waals surface area (Å²) < 4.78 is 27.5. The highest BCUT2D eigenvalue weighted by Gasteiger charge is 2.19. The molecule has 162 valence electrons. The molecule has 2 heterocycles. The Kier molecular flexibility index (Phi) is 6.74. The molecule has 0 fully saturated rings. The van der Waals surface area contributed by atoms with Crippen LogP contribution in [0.25, 0.3) is 11.0 Å². The summed E-state index contributed by atoms with van der Waals surface area (Å²) in [4.78, 5) is 17.5. The van der Waals surface area contributed by atoms with Gasteiger partial charge in [0.05, 0.1) is 21.7 Å². The summed E-state index contributed by atoms with van der Waals surface area (Å²) >= 11 is 1.38. The van der Waals surface area contributed by atoms with E-state index < -0.39 is 10.0 Å². The zero-order valence-corrected chi connectivity index (χ0v) is 19.4. The second-order valence-corrected chi connectivity index (χ2v) is 9.89. The van der Waals surface area contributed by atoms with E-state index >= 15 is 0 Å². The van der Waals surface area contributed by atoms with Gasteiger partial charge in [-0.15, -0.1) is 0 Å². The Balaban J connectivity index is 1.89. The van der Waals surface area contributed by atoms with Gasteiger partial charge in [0.1, 0.15) is 0 Å². The first kappa shape index (κ1) is 22.6. The molecule has 1 aromatic carbocycles. The number of sulfonamides is 1. The maximum absolute atomic E-state index is 12.9. The Labute approximate surface area is 181 Å². The fourth-order valence-corrected chi connectivity index (χ4v) is 5.13. The summed E-state index contributed by atoms with van der Waals surface area (Å²) in [6.07, 6.45) is 1.91. The Morgan fingerprint density at radius 3 is 2.40 bits per heavy atom. The summed E-state index contributed by atoms with van der Waals surface area (Å²) in [5, 5.41) is 5.95. The first-order valence-electron chi connectivity index (χ1n) is 10.0. The molecule has 0 aliphatic carbocycles. The molecule has 0 spiro atoms. The molecule has 2 aromatic heterocycles. The van der Waals surface area contributed by atoms with Crippen molar-refractivity contribution >= 4 is 38.6 Å². The van der Waals surface area contributed by atoms with E-state index in [9.17, 15) is 13.2 Å². The van der Waals surface area contributed by atoms with E-state index in [1.807, 2.05) is 24.5 Å². The normalized spacial score (nSPS) is 12.0. The SMILES string of the molecule is CCCn1c(C)cc(C(=O)CSc2nc3cc(S(N)(=O)=O)ccc3n2CCC)c1C. The lowest BCUT2D eigenvalue weighted by molar-refractivity contribution is 0.102. The van der Waals surface area contributed by atoms with Crippen LogP contribution in [0, 0.1) is 13.8 Å². The number of ketones is 1. The predicted octanol–water partition coefficient (Wildman–Crippen LogP) is 3.90. The van der Waals surface area contributed by atoms with E-state index in [2.05, 4.69) is 23.4 Å². The van der Waals surface area contributed by atoms with Gasteiger partial charge in [-0.2, -0.15) is 0 Å². The van der Waals surface area contributed by atoms with Gasteiger partial charge < -0.3 is 9.13 Å². The predicted molar refractivity (Wildman–Crippen MR) is 121 cm³/mol. The summed E-state index contributed by atoms with van der Waals surface area (Å²) in [5.41, 5.74) is 4.24. The van der Waals surface area contributed by atoms with Crippen molar-refractivity contribution < 1.29 is 13.2 Å². The Morgan fingerprint density at radius 1 is 1.10 bits per heavy atom. The Morgan fingerprint density at radius 2 is 1.77 bits per heavy atom. The maximum atomic E-state index is 12.9. The number of aryl methyl sites for hydroxylation is 2. The number of benzene rings is 1. The average Bonchev–Trinajstić information content (AvgIpc) is 3.17. The number of carbonyl (C=O) groups excluding carboxylic acids is 1. The van der Waals surface area contributed by atoms with Gasteiger partial charge in [0, 0.05) is 30.0 Å². The lowest BCUT2D eigenvalue weighted by atomic mass is 10.2. The van der Waals surface area contributed by atoms with Crippen molar-refractivity contribution in [3.05, 3.63) is 41.2 Å². The summed E-state index contributed by atoms with van der Waals surface area (Å²) in [7, 11) is -3.80. The minimum absolute atomic E-state index is 0.0344.